The number of aromatic nitrogens is 2. The third-order valence-corrected chi connectivity index (χ3v) is 3.02. The van der Waals surface area contributed by atoms with Gasteiger partial charge in [-0.15, -0.1) is 0 Å². The SMILES string of the molecule is Cc1nc(NCc2ccc(Cl)cc2)cc(OCC(C)C)n1. The summed E-state index contributed by atoms with van der Waals surface area (Å²) < 4.78 is 5.65. The van der Waals surface area contributed by atoms with Gasteiger partial charge in [0.25, 0.3) is 0 Å². The van der Waals surface area contributed by atoms with E-state index in [4.69, 9.17) is 16.3 Å². The fourth-order valence-electron chi connectivity index (χ4n) is 1.75. The van der Waals surface area contributed by atoms with Gasteiger partial charge in [-0.1, -0.05) is 37.6 Å². The number of nitrogens with zero attached hydrogens (tertiary/aromatic N) is 2. The first-order valence-electron chi connectivity index (χ1n) is 6.99. The molecule has 0 spiro atoms. The fourth-order valence-corrected chi connectivity index (χ4v) is 1.88. The number of hydrogen-bond acceptors (Lipinski definition) is 4. The van der Waals surface area contributed by atoms with Crippen LogP contribution in [0.5, 0.6) is 5.88 Å². The first kappa shape index (κ1) is 15.6. The lowest BCUT2D eigenvalue weighted by atomic mass is 10.2. The second kappa shape index (κ2) is 7.27. The largest absolute Gasteiger partial charge is 0.477 e. The molecule has 0 aliphatic rings. The zero-order valence-electron chi connectivity index (χ0n) is 12.6. The van der Waals surface area contributed by atoms with Gasteiger partial charge in [0.2, 0.25) is 5.88 Å². The minimum atomic E-state index is 0.464. The number of benzene rings is 1. The second-order valence-corrected chi connectivity index (χ2v) is 5.76. The van der Waals surface area contributed by atoms with Crippen molar-refractivity contribution < 1.29 is 4.74 Å². The summed E-state index contributed by atoms with van der Waals surface area (Å²) in [6, 6.07) is 9.55. The molecular formula is C16H20ClN3O. The summed E-state index contributed by atoms with van der Waals surface area (Å²) >= 11 is 5.87. The summed E-state index contributed by atoms with van der Waals surface area (Å²) in [7, 11) is 0. The van der Waals surface area contributed by atoms with Crippen LogP contribution in [0.2, 0.25) is 5.02 Å². The van der Waals surface area contributed by atoms with Crippen LogP contribution in [-0.4, -0.2) is 16.6 Å². The molecule has 2 rings (SSSR count). The average Bonchev–Trinajstić information content (AvgIpc) is 2.44. The van der Waals surface area contributed by atoms with Crippen LogP contribution in [-0.2, 0) is 6.54 Å². The first-order chi connectivity index (χ1) is 10.0. The maximum Gasteiger partial charge on any atom is 0.218 e. The summed E-state index contributed by atoms with van der Waals surface area (Å²) in [5, 5.41) is 4.01. The number of ether oxygens (including phenoxy) is 1. The van der Waals surface area contributed by atoms with E-state index in [-0.39, 0.29) is 0 Å². The van der Waals surface area contributed by atoms with Crippen LogP contribution in [0.3, 0.4) is 0 Å². The minimum absolute atomic E-state index is 0.464. The third-order valence-electron chi connectivity index (χ3n) is 2.77. The maximum absolute atomic E-state index is 5.87. The van der Waals surface area contributed by atoms with Crippen LogP contribution < -0.4 is 10.1 Å². The zero-order valence-corrected chi connectivity index (χ0v) is 13.3. The maximum atomic E-state index is 5.87. The van der Waals surface area contributed by atoms with Crippen LogP contribution in [0.25, 0.3) is 0 Å². The van der Waals surface area contributed by atoms with E-state index in [1.165, 1.54) is 0 Å². The van der Waals surface area contributed by atoms with Crippen molar-refractivity contribution in [3.8, 4) is 5.88 Å². The van der Waals surface area contributed by atoms with Crippen molar-refractivity contribution in [3.05, 3.63) is 46.7 Å². The molecule has 112 valence electrons. The van der Waals surface area contributed by atoms with Gasteiger partial charge in [-0.05, 0) is 30.5 Å². The topological polar surface area (TPSA) is 47.0 Å². The first-order valence-corrected chi connectivity index (χ1v) is 7.37. The number of aryl methyl sites for hydroxylation is 1. The van der Waals surface area contributed by atoms with Gasteiger partial charge in [0, 0.05) is 17.6 Å². The van der Waals surface area contributed by atoms with E-state index in [1.54, 1.807) is 0 Å². The van der Waals surface area contributed by atoms with Gasteiger partial charge in [0.15, 0.2) is 0 Å². The van der Waals surface area contributed by atoms with E-state index in [2.05, 4.69) is 29.1 Å². The molecule has 1 aromatic carbocycles. The standard InChI is InChI=1S/C16H20ClN3O/c1-11(2)10-21-16-8-15(19-12(3)20-16)18-9-13-4-6-14(17)7-5-13/h4-8,11H,9-10H2,1-3H3,(H,18,19,20). The van der Waals surface area contributed by atoms with Gasteiger partial charge in [-0.2, -0.15) is 4.98 Å². The molecule has 0 saturated heterocycles. The smallest absolute Gasteiger partial charge is 0.218 e. The molecule has 0 aliphatic heterocycles. The normalized spacial score (nSPS) is 10.7. The van der Waals surface area contributed by atoms with Gasteiger partial charge in [0.05, 0.1) is 6.61 Å². The Balaban J connectivity index is 2.00. The van der Waals surface area contributed by atoms with Gasteiger partial charge in [-0.25, -0.2) is 4.98 Å². The molecule has 0 atom stereocenters. The highest BCUT2D eigenvalue weighted by Crippen LogP contribution is 2.16. The average molecular weight is 306 g/mol. The lowest BCUT2D eigenvalue weighted by Crippen LogP contribution is -2.08. The summed E-state index contributed by atoms with van der Waals surface area (Å²) in [6.07, 6.45) is 0. The highest BCUT2D eigenvalue weighted by atomic mass is 35.5. The Hall–Kier alpha value is -1.81. The van der Waals surface area contributed by atoms with Crippen molar-refractivity contribution in [2.75, 3.05) is 11.9 Å². The predicted octanol–water partition coefficient (Wildman–Crippen LogP) is 4.09. The van der Waals surface area contributed by atoms with Crippen LogP contribution >= 0.6 is 11.6 Å². The zero-order chi connectivity index (χ0) is 15.2. The number of hydrogen-bond donors (Lipinski definition) is 1. The molecule has 0 saturated carbocycles. The van der Waals surface area contributed by atoms with Crippen molar-refractivity contribution in [1.29, 1.82) is 0 Å². The Morgan fingerprint density at radius 1 is 1.19 bits per heavy atom. The highest BCUT2D eigenvalue weighted by molar-refractivity contribution is 6.30. The van der Waals surface area contributed by atoms with Crippen molar-refractivity contribution in [1.82, 2.24) is 9.97 Å². The Kier molecular flexibility index (Phi) is 5.39. The van der Waals surface area contributed by atoms with Crippen LogP contribution in [0, 0.1) is 12.8 Å². The lowest BCUT2D eigenvalue weighted by Gasteiger charge is -2.11. The molecule has 0 bridgehead atoms. The van der Waals surface area contributed by atoms with E-state index in [1.807, 2.05) is 37.3 Å². The Labute approximate surface area is 130 Å². The quantitative estimate of drug-likeness (QED) is 0.873. The molecule has 21 heavy (non-hydrogen) atoms. The van der Waals surface area contributed by atoms with Gasteiger partial charge < -0.3 is 10.1 Å². The lowest BCUT2D eigenvalue weighted by molar-refractivity contribution is 0.260. The molecule has 0 unspecified atom stereocenters. The summed E-state index contributed by atoms with van der Waals surface area (Å²) in [4.78, 5) is 8.65. The molecule has 2 aromatic rings. The van der Waals surface area contributed by atoms with Crippen LogP contribution in [0.15, 0.2) is 30.3 Å². The molecule has 0 amide bonds. The predicted molar refractivity (Wildman–Crippen MR) is 85.9 cm³/mol. The molecule has 1 N–H and O–H groups in total. The summed E-state index contributed by atoms with van der Waals surface area (Å²) in [5.74, 6) is 2.52. The molecule has 0 radical (unpaired) electrons. The van der Waals surface area contributed by atoms with Gasteiger partial charge in [-0.3, -0.25) is 0 Å². The Morgan fingerprint density at radius 2 is 1.90 bits per heavy atom. The molecule has 1 aromatic heterocycles. The van der Waals surface area contributed by atoms with E-state index in [0.29, 0.717) is 30.8 Å². The number of rotatable bonds is 6. The molecule has 5 heteroatoms. The van der Waals surface area contributed by atoms with E-state index in [0.717, 1.165) is 16.4 Å². The summed E-state index contributed by atoms with van der Waals surface area (Å²) in [5.41, 5.74) is 1.14. The highest BCUT2D eigenvalue weighted by Gasteiger charge is 2.04. The van der Waals surface area contributed by atoms with Gasteiger partial charge in [0.1, 0.15) is 11.6 Å². The number of halogens is 1. The monoisotopic (exact) mass is 305 g/mol. The van der Waals surface area contributed by atoms with Crippen molar-refractivity contribution in [2.45, 2.75) is 27.3 Å². The van der Waals surface area contributed by atoms with E-state index in [9.17, 15) is 0 Å². The molecule has 1 heterocycles. The Morgan fingerprint density at radius 3 is 2.57 bits per heavy atom. The molecule has 4 nitrogen and oxygen atoms in total. The van der Waals surface area contributed by atoms with E-state index < -0.39 is 0 Å². The molecule has 0 fully saturated rings. The van der Waals surface area contributed by atoms with Crippen LogP contribution in [0.1, 0.15) is 25.2 Å². The number of nitrogens with one attached hydrogen (secondary N) is 1. The van der Waals surface area contributed by atoms with Crippen molar-refractivity contribution in [3.63, 3.8) is 0 Å². The van der Waals surface area contributed by atoms with Gasteiger partial charge >= 0.3 is 0 Å². The third kappa shape index (κ3) is 5.23. The number of anilines is 1. The van der Waals surface area contributed by atoms with Crippen molar-refractivity contribution >= 4 is 17.4 Å². The van der Waals surface area contributed by atoms with E-state index >= 15 is 0 Å². The fraction of sp³-hybridized carbons (Fsp3) is 0.375. The van der Waals surface area contributed by atoms with Crippen molar-refractivity contribution in [2.24, 2.45) is 5.92 Å². The Bertz CT molecular complexity index is 585. The second-order valence-electron chi connectivity index (χ2n) is 5.32. The molecule has 0 aliphatic carbocycles. The summed E-state index contributed by atoms with van der Waals surface area (Å²) in [6.45, 7) is 7.39. The minimum Gasteiger partial charge on any atom is -0.477 e. The molecular weight excluding hydrogens is 286 g/mol. The van der Waals surface area contributed by atoms with Crippen LogP contribution in [0.4, 0.5) is 5.82 Å².